The molecule has 0 aromatic heterocycles. The maximum absolute atomic E-state index is 13.2. The molecule has 0 fully saturated rings. The third-order valence-corrected chi connectivity index (χ3v) is 3.02. The van der Waals surface area contributed by atoms with Gasteiger partial charge in [-0.05, 0) is 24.1 Å². The normalized spacial score (nSPS) is 10.2. The van der Waals surface area contributed by atoms with Crippen molar-refractivity contribution in [3.8, 4) is 11.8 Å². The molecule has 0 bridgehead atoms. The lowest BCUT2D eigenvalue weighted by Crippen LogP contribution is -1.99. The van der Waals surface area contributed by atoms with Crippen molar-refractivity contribution in [3.63, 3.8) is 0 Å². The van der Waals surface area contributed by atoms with E-state index in [4.69, 9.17) is 9.84 Å². The number of ether oxygens (including phenoxy) is 1. The number of aliphatic hydroxyl groups is 1. The molecular formula is C17H23FO2. The Kier molecular flexibility index (Phi) is 8.69. The minimum atomic E-state index is -0.324. The van der Waals surface area contributed by atoms with Crippen molar-refractivity contribution < 1.29 is 14.2 Å². The number of aliphatic hydroxyl groups excluding tert-OH is 1. The lowest BCUT2D eigenvalue weighted by Gasteiger charge is -2.07. The Morgan fingerprint density at radius 3 is 2.75 bits per heavy atom. The van der Waals surface area contributed by atoms with Crippen molar-refractivity contribution in [1.82, 2.24) is 0 Å². The van der Waals surface area contributed by atoms with Gasteiger partial charge in [0.2, 0.25) is 0 Å². The van der Waals surface area contributed by atoms with Crippen LogP contribution in [-0.2, 0) is 11.3 Å². The first-order valence-corrected chi connectivity index (χ1v) is 7.23. The summed E-state index contributed by atoms with van der Waals surface area (Å²) in [6, 6.07) is 4.47. The summed E-state index contributed by atoms with van der Waals surface area (Å²) in [4.78, 5) is 0. The predicted molar refractivity (Wildman–Crippen MR) is 78.8 cm³/mol. The number of hydrogen-bond acceptors (Lipinski definition) is 2. The Morgan fingerprint density at radius 2 is 2.00 bits per heavy atom. The fourth-order valence-corrected chi connectivity index (χ4v) is 1.92. The van der Waals surface area contributed by atoms with Crippen LogP contribution in [0.3, 0.4) is 0 Å². The molecule has 0 saturated carbocycles. The summed E-state index contributed by atoms with van der Waals surface area (Å²) in [7, 11) is 0. The molecule has 110 valence electrons. The maximum Gasteiger partial charge on any atom is 0.124 e. The molecule has 0 unspecified atom stereocenters. The van der Waals surface area contributed by atoms with Crippen molar-refractivity contribution in [1.29, 1.82) is 0 Å². The van der Waals surface area contributed by atoms with Gasteiger partial charge in [0, 0.05) is 12.2 Å². The zero-order valence-electron chi connectivity index (χ0n) is 12.1. The van der Waals surface area contributed by atoms with Gasteiger partial charge in [-0.3, -0.25) is 0 Å². The van der Waals surface area contributed by atoms with Crippen LogP contribution in [-0.4, -0.2) is 18.3 Å². The van der Waals surface area contributed by atoms with E-state index in [1.807, 2.05) is 0 Å². The van der Waals surface area contributed by atoms with E-state index in [1.54, 1.807) is 6.07 Å². The second-order valence-electron chi connectivity index (χ2n) is 4.73. The Morgan fingerprint density at radius 1 is 1.20 bits per heavy atom. The van der Waals surface area contributed by atoms with Gasteiger partial charge < -0.3 is 9.84 Å². The quantitative estimate of drug-likeness (QED) is 0.581. The van der Waals surface area contributed by atoms with Gasteiger partial charge in [-0.1, -0.05) is 50.5 Å². The number of halogens is 1. The van der Waals surface area contributed by atoms with Crippen molar-refractivity contribution >= 4 is 0 Å². The van der Waals surface area contributed by atoms with Gasteiger partial charge in [0.1, 0.15) is 12.4 Å². The van der Waals surface area contributed by atoms with Crippen molar-refractivity contribution in [2.45, 2.75) is 45.6 Å². The lowest BCUT2D eigenvalue weighted by molar-refractivity contribution is 0.116. The summed E-state index contributed by atoms with van der Waals surface area (Å²) >= 11 is 0. The summed E-state index contributed by atoms with van der Waals surface area (Å²) < 4.78 is 18.8. The standard InChI is InChI=1S/C17H23FO2/c1-2-3-4-5-6-12-20-14-16-9-10-17(18)13-15(16)8-7-11-19/h9-10,13,19H,2-6,11-12,14H2,1H3. The average Bonchev–Trinajstić information content (AvgIpc) is 2.45. The molecule has 0 aliphatic heterocycles. The highest BCUT2D eigenvalue weighted by Gasteiger charge is 2.02. The summed E-state index contributed by atoms with van der Waals surface area (Å²) in [5.74, 6) is 4.97. The molecule has 0 amide bonds. The summed E-state index contributed by atoms with van der Waals surface area (Å²) in [5, 5.41) is 8.71. The average molecular weight is 278 g/mol. The van der Waals surface area contributed by atoms with Gasteiger partial charge in [-0.2, -0.15) is 0 Å². The second-order valence-corrected chi connectivity index (χ2v) is 4.73. The molecule has 0 aliphatic rings. The van der Waals surface area contributed by atoms with Crippen molar-refractivity contribution in [3.05, 3.63) is 35.1 Å². The molecule has 2 nitrogen and oxygen atoms in total. The van der Waals surface area contributed by atoms with Crippen LogP contribution >= 0.6 is 0 Å². The monoisotopic (exact) mass is 278 g/mol. The van der Waals surface area contributed by atoms with Crippen LogP contribution in [0.4, 0.5) is 4.39 Å². The van der Waals surface area contributed by atoms with Crippen LogP contribution in [0, 0.1) is 17.7 Å². The van der Waals surface area contributed by atoms with Crippen LogP contribution in [0.1, 0.15) is 50.2 Å². The van der Waals surface area contributed by atoms with E-state index in [1.165, 1.54) is 37.8 Å². The largest absolute Gasteiger partial charge is 0.384 e. The second kappa shape index (κ2) is 10.4. The minimum Gasteiger partial charge on any atom is -0.384 e. The van der Waals surface area contributed by atoms with E-state index < -0.39 is 0 Å². The zero-order chi connectivity index (χ0) is 14.6. The SMILES string of the molecule is CCCCCCCOCc1ccc(F)cc1C#CCO. The zero-order valence-corrected chi connectivity index (χ0v) is 12.1. The fraction of sp³-hybridized carbons (Fsp3) is 0.529. The van der Waals surface area contributed by atoms with Gasteiger partial charge in [0.25, 0.3) is 0 Å². The number of benzene rings is 1. The maximum atomic E-state index is 13.2. The fourth-order valence-electron chi connectivity index (χ4n) is 1.92. The molecular weight excluding hydrogens is 255 g/mol. The molecule has 1 N–H and O–H groups in total. The van der Waals surface area contributed by atoms with Gasteiger partial charge in [0.15, 0.2) is 0 Å². The van der Waals surface area contributed by atoms with E-state index in [0.29, 0.717) is 18.8 Å². The summed E-state index contributed by atoms with van der Waals surface area (Å²) in [5.41, 5.74) is 1.45. The van der Waals surface area contributed by atoms with E-state index >= 15 is 0 Å². The van der Waals surface area contributed by atoms with Crippen molar-refractivity contribution in [2.75, 3.05) is 13.2 Å². The topological polar surface area (TPSA) is 29.5 Å². The molecule has 0 atom stereocenters. The highest BCUT2D eigenvalue weighted by atomic mass is 19.1. The summed E-state index contributed by atoms with van der Waals surface area (Å²) in [6.07, 6.45) is 6.01. The molecule has 0 heterocycles. The molecule has 1 rings (SSSR count). The van der Waals surface area contributed by atoms with Crippen LogP contribution in [0.15, 0.2) is 18.2 Å². The van der Waals surface area contributed by atoms with Crippen molar-refractivity contribution in [2.24, 2.45) is 0 Å². The first kappa shape index (κ1) is 16.7. The van der Waals surface area contributed by atoms with Crippen LogP contribution in [0.5, 0.6) is 0 Å². The summed E-state index contributed by atoms with van der Waals surface area (Å²) in [6.45, 7) is 3.12. The highest BCUT2D eigenvalue weighted by molar-refractivity contribution is 5.41. The molecule has 3 heteroatoms. The van der Waals surface area contributed by atoms with Gasteiger partial charge in [-0.25, -0.2) is 4.39 Å². The van der Waals surface area contributed by atoms with Gasteiger partial charge >= 0.3 is 0 Å². The molecule has 20 heavy (non-hydrogen) atoms. The van der Waals surface area contributed by atoms with E-state index in [9.17, 15) is 4.39 Å². The van der Waals surface area contributed by atoms with Crippen LogP contribution in [0.25, 0.3) is 0 Å². The molecule has 0 saturated heterocycles. The first-order valence-electron chi connectivity index (χ1n) is 7.23. The first-order chi connectivity index (χ1) is 9.77. The minimum absolute atomic E-state index is 0.228. The molecule has 0 aliphatic carbocycles. The smallest absolute Gasteiger partial charge is 0.124 e. The Hall–Kier alpha value is -1.37. The number of rotatable bonds is 8. The highest BCUT2D eigenvalue weighted by Crippen LogP contribution is 2.12. The van der Waals surface area contributed by atoms with E-state index in [0.717, 1.165) is 12.0 Å². The molecule has 0 spiro atoms. The third-order valence-electron chi connectivity index (χ3n) is 3.02. The van der Waals surface area contributed by atoms with Gasteiger partial charge in [-0.15, -0.1) is 0 Å². The molecule has 0 radical (unpaired) electrons. The van der Waals surface area contributed by atoms with Gasteiger partial charge in [0.05, 0.1) is 6.61 Å². The third kappa shape index (κ3) is 6.70. The van der Waals surface area contributed by atoms with E-state index in [-0.39, 0.29) is 12.4 Å². The number of unbranched alkanes of at least 4 members (excludes halogenated alkanes) is 4. The Labute approximate surface area is 121 Å². The van der Waals surface area contributed by atoms with E-state index in [2.05, 4.69) is 18.8 Å². The Bertz CT molecular complexity index is 446. The number of hydrogen-bond donors (Lipinski definition) is 1. The predicted octanol–water partition coefficient (Wildman–Crippen LogP) is 3.66. The van der Waals surface area contributed by atoms with Crippen LogP contribution < -0.4 is 0 Å². The molecule has 1 aromatic rings. The lowest BCUT2D eigenvalue weighted by atomic mass is 10.1. The van der Waals surface area contributed by atoms with Crippen LogP contribution in [0.2, 0.25) is 0 Å². The Balaban J connectivity index is 2.39. The molecule has 1 aromatic carbocycles.